The zero-order valence-electron chi connectivity index (χ0n) is 9.74. The molecular weight excluding hydrogens is 202 g/mol. The standard InChI is InChI=1S/C13H19NO2/c1-15-12-4-2-3-11(9-12)13(5-7-14)6-8-16-10-13/h2-4,9H,5-8,10,14H2,1H3. The van der Waals surface area contributed by atoms with Crippen LogP contribution in [0.25, 0.3) is 0 Å². The molecule has 3 nitrogen and oxygen atoms in total. The SMILES string of the molecule is COc1cccc(C2(CCN)CCOC2)c1. The largest absolute Gasteiger partial charge is 0.497 e. The minimum atomic E-state index is 0.100. The van der Waals surface area contributed by atoms with Crippen LogP contribution in [-0.2, 0) is 10.2 Å². The molecule has 0 radical (unpaired) electrons. The maximum Gasteiger partial charge on any atom is 0.119 e. The van der Waals surface area contributed by atoms with Crippen molar-refractivity contribution in [3.8, 4) is 5.75 Å². The Labute approximate surface area is 96.5 Å². The summed E-state index contributed by atoms with van der Waals surface area (Å²) in [6.45, 7) is 2.30. The first-order chi connectivity index (χ1) is 7.80. The zero-order valence-corrected chi connectivity index (χ0v) is 9.74. The van der Waals surface area contributed by atoms with Gasteiger partial charge < -0.3 is 15.2 Å². The third kappa shape index (κ3) is 2.06. The number of hydrogen-bond acceptors (Lipinski definition) is 3. The zero-order chi connectivity index (χ0) is 11.4. The fourth-order valence-corrected chi connectivity index (χ4v) is 2.41. The van der Waals surface area contributed by atoms with E-state index < -0.39 is 0 Å². The Hall–Kier alpha value is -1.06. The lowest BCUT2D eigenvalue weighted by atomic mass is 9.77. The van der Waals surface area contributed by atoms with Crippen molar-refractivity contribution in [3.63, 3.8) is 0 Å². The normalized spacial score (nSPS) is 24.6. The highest BCUT2D eigenvalue weighted by molar-refractivity contribution is 5.34. The van der Waals surface area contributed by atoms with E-state index in [4.69, 9.17) is 15.2 Å². The van der Waals surface area contributed by atoms with Gasteiger partial charge >= 0.3 is 0 Å². The molecule has 0 saturated carbocycles. The van der Waals surface area contributed by atoms with Crippen molar-refractivity contribution in [3.05, 3.63) is 29.8 Å². The molecule has 2 N–H and O–H groups in total. The highest BCUT2D eigenvalue weighted by Crippen LogP contribution is 2.37. The average Bonchev–Trinajstić information content (AvgIpc) is 2.80. The van der Waals surface area contributed by atoms with E-state index in [1.165, 1.54) is 5.56 Å². The van der Waals surface area contributed by atoms with Gasteiger partial charge in [-0.1, -0.05) is 12.1 Å². The lowest BCUT2D eigenvalue weighted by molar-refractivity contribution is 0.175. The van der Waals surface area contributed by atoms with E-state index in [1.807, 2.05) is 12.1 Å². The van der Waals surface area contributed by atoms with Crippen molar-refractivity contribution < 1.29 is 9.47 Å². The van der Waals surface area contributed by atoms with Crippen molar-refractivity contribution in [2.45, 2.75) is 18.3 Å². The summed E-state index contributed by atoms with van der Waals surface area (Å²) in [4.78, 5) is 0. The van der Waals surface area contributed by atoms with Crippen molar-refractivity contribution >= 4 is 0 Å². The van der Waals surface area contributed by atoms with Crippen LogP contribution in [0.2, 0.25) is 0 Å². The van der Waals surface area contributed by atoms with Crippen LogP contribution in [0.5, 0.6) is 5.75 Å². The van der Waals surface area contributed by atoms with Crippen molar-refractivity contribution in [1.29, 1.82) is 0 Å². The number of methoxy groups -OCH3 is 1. The van der Waals surface area contributed by atoms with E-state index in [0.29, 0.717) is 6.54 Å². The Morgan fingerprint density at radius 2 is 2.38 bits per heavy atom. The third-order valence-corrected chi connectivity index (χ3v) is 3.41. The van der Waals surface area contributed by atoms with Gasteiger partial charge in [0.25, 0.3) is 0 Å². The number of benzene rings is 1. The summed E-state index contributed by atoms with van der Waals surface area (Å²) in [5, 5.41) is 0. The highest BCUT2D eigenvalue weighted by Gasteiger charge is 2.36. The molecule has 1 heterocycles. The quantitative estimate of drug-likeness (QED) is 0.841. The Balaban J connectivity index is 2.30. The van der Waals surface area contributed by atoms with Gasteiger partial charge in [-0.2, -0.15) is 0 Å². The summed E-state index contributed by atoms with van der Waals surface area (Å²) in [5.41, 5.74) is 7.10. The summed E-state index contributed by atoms with van der Waals surface area (Å²) in [5.74, 6) is 0.904. The second-order valence-electron chi connectivity index (χ2n) is 4.35. The van der Waals surface area contributed by atoms with E-state index in [9.17, 15) is 0 Å². The van der Waals surface area contributed by atoms with Crippen molar-refractivity contribution in [1.82, 2.24) is 0 Å². The smallest absolute Gasteiger partial charge is 0.119 e. The Morgan fingerprint density at radius 3 is 3.00 bits per heavy atom. The minimum absolute atomic E-state index is 0.100. The monoisotopic (exact) mass is 221 g/mol. The lowest BCUT2D eigenvalue weighted by Gasteiger charge is -2.27. The van der Waals surface area contributed by atoms with Gasteiger partial charge in [-0.15, -0.1) is 0 Å². The van der Waals surface area contributed by atoms with Crippen LogP contribution in [0.1, 0.15) is 18.4 Å². The van der Waals surface area contributed by atoms with E-state index in [1.54, 1.807) is 7.11 Å². The van der Waals surface area contributed by atoms with Crippen LogP contribution in [0.4, 0.5) is 0 Å². The van der Waals surface area contributed by atoms with Gasteiger partial charge in [-0.25, -0.2) is 0 Å². The molecule has 1 aliphatic heterocycles. The van der Waals surface area contributed by atoms with E-state index in [0.717, 1.165) is 31.8 Å². The predicted octanol–water partition coefficient (Wildman–Crippen LogP) is 1.70. The molecule has 2 rings (SSSR count). The molecule has 0 bridgehead atoms. The molecule has 1 saturated heterocycles. The van der Waals surface area contributed by atoms with E-state index in [2.05, 4.69) is 12.1 Å². The van der Waals surface area contributed by atoms with Crippen molar-refractivity contribution in [2.24, 2.45) is 5.73 Å². The van der Waals surface area contributed by atoms with Gasteiger partial charge in [0.2, 0.25) is 0 Å². The highest BCUT2D eigenvalue weighted by atomic mass is 16.5. The fraction of sp³-hybridized carbons (Fsp3) is 0.538. The van der Waals surface area contributed by atoms with Crippen LogP contribution in [0.3, 0.4) is 0 Å². The maximum absolute atomic E-state index is 5.71. The molecule has 0 spiro atoms. The van der Waals surface area contributed by atoms with Crippen LogP contribution in [-0.4, -0.2) is 26.9 Å². The fourth-order valence-electron chi connectivity index (χ4n) is 2.41. The molecule has 0 aromatic heterocycles. The molecule has 1 fully saturated rings. The predicted molar refractivity (Wildman–Crippen MR) is 63.8 cm³/mol. The molecule has 1 aromatic rings. The minimum Gasteiger partial charge on any atom is -0.497 e. The summed E-state index contributed by atoms with van der Waals surface area (Å²) < 4.78 is 10.8. The van der Waals surface area contributed by atoms with Crippen LogP contribution >= 0.6 is 0 Å². The molecule has 1 aliphatic rings. The topological polar surface area (TPSA) is 44.5 Å². The average molecular weight is 221 g/mol. The summed E-state index contributed by atoms with van der Waals surface area (Å²) in [7, 11) is 1.69. The Bertz CT molecular complexity index is 346. The van der Waals surface area contributed by atoms with Crippen molar-refractivity contribution in [2.75, 3.05) is 26.9 Å². The molecule has 88 valence electrons. The summed E-state index contributed by atoms with van der Waals surface area (Å²) in [6, 6.07) is 8.25. The number of rotatable bonds is 4. The first kappa shape index (κ1) is 11.4. The molecule has 0 aliphatic carbocycles. The molecule has 16 heavy (non-hydrogen) atoms. The molecular formula is C13H19NO2. The Kier molecular flexibility index (Phi) is 3.46. The molecule has 3 heteroatoms. The van der Waals surface area contributed by atoms with Crippen LogP contribution in [0, 0.1) is 0 Å². The van der Waals surface area contributed by atoms with Crippen LogP contribution in [0.15, 0.2) is 24.3 Å². The molecule has 0 amide bonds. The van der Waals surface area contributed by atoms with E-state index in [-0.39, 0.29) is 5.41 Å². The Morgan fingerprint density at radius 1 is 1.50 bits per heavy atom. The first-order valence-corrected chi connectivity index (χ1v) is 5.73. The second-order valence-corrected chi connectivity index (χ2v) is 4.35. The number of nitrogens with two attached hydrogens (primary N) is 1. The molecule has 1 unspecified atom stereocenters. The first-order valence-electron chi connectivity index (χ1n) is 5.73. The second kappa shape index (κ2) is 4.85. The van der Waals surface area contributed by atoms with Gasteiger partial charge in [0.05, 0.1) is 13.7 Å². The van der Waals surface area contributed by atoms with Gasteiger partial charge in [0.15, 0.2) is 0 Å². The lowest BCUT2D eigenvalue weighted by Crippen LogP contribution is -2.29. The summed E-state index contributed by atoms with van der Waals surface area (Å²) in [6.07, 6.45) is 2.03. The van der Waals surface area contributed by atoms with E-state index >= 15 is 0 Å². The number of ether oxygens (including phenoxy) is 2. The molecule has 1 atom stereocenters. The van der Waals surface area contributed by atoms with Gasteiger partial charge in [0, 0.05) is 12.0 Å². The number of hydrogen-bond donors (Lipinski definition) is 1. The van der Waals surface area contributed by atoms with Gasteiger partial charge in [0.1, 0.15) is 5.75 Å². The third-order valence-electron chi connectivity index (χ3n) is 3.41. The van der Waals surface area contributed by atoms with Gasteiger partial charge in [-0.05, 0) is 37.1 Å². The van der Waals surface area contributed by atoms with Crippen LogP contribution < -0.4 is 10.5 Å². The summed E-state index contributed by atoms with van der Waals surface area (Å²) >= 11 is 0. The maximum atomic E-state index is 5.71. The molecule has 1 aromatic carbocycles. The van der Waals surface area contributed by atoms with Gasteiger partial charge in [-0.3, -0.25) is 0 Å².